The standard InChI is InChI=1S/C8H17.2C5H5.Fe/c1-3-5-7-8-6-4-2;2*1-2-4-5-3-1;/h1,3-8H2,2H3;2*1-3H,4H2;/q3*-1;+3. The van der Waals surface area contributed by atoms with Crippen molar-refractivity contribution in [2.24, 2.45) is 0 Å². The number of hydrogen-bond acceptors (Lipinski definition) is 0. The molecule has 0 saturated carbocycles. The molecule has 0 heterocycles. The summed E-state index contributed by atoms with van der Waals surface area (Å²) in [4.78, 5) is 0. The van der Waals surface area contributed by atoms with Gasteiger partial charge in [-0.15, -0.1) is 12.8 Å². The molecule has 19 heavy (non-hydrogen) atoms. The van der Waals surface area contributed by atoms with Gasteiger partial charge in [-0.1, -0.05) is 39.0 Å². The van der Waals surface area contributed by atoms with Gasteiger partial charge >= 0.3 is 17.1 Å². The Labute approximate surface area is 131 Å². The minimum atomic E-state index is 0. The summed E-state index contributed by atoms with van der Waals surface area (Å²) in [5.41, 5.74) is 0. The van der Waals surface area contributed by atoms with Crippen molar-refractivity contribution in [2.75, 3.05) is 0 Å². The molecule has 2 aliphatic carbocycles. The largest absolute Gasteiger partial charge is 3.00 e. The summed E-state index contributed by atoms with van der Waals surface area (Å²) in [7, 11) is 0. The van der Waals surface area contributed by atoms with Crippen molar-refractivity contribution in [2.45, 2.75) is 58.3 Å². The number of unbranched alkanes of at least 4 members (excludes halogenated alkanes) is 5. The Kier molecular flexibility index (Phi) is 21.7. The van der Waals surface area contributed by atoms with E-state index in [1.54, 1.807) is 0 Å². The molecular formula is C18H27Fe. The summed E-state index contributed by atoms with van der Waals surface area (Å²) in [6.45, 7) is 6.02. The van der Waals surface area contributed by atoms with E-state index < -0.39 is 0 Å². The van der Waals surface area contributed by atoms with E-state index in [0.29, 0.717) is 0 Å². The maximum atomic E-state index is 3.78. The normalized spacial score (nSPS) is 13.4. The minimum Gasteiger partial charge on any atom is -0.343 e. The molecule has 0 spiro atoms. The number of rotatable bonds is 5. The minimum absolute atomic E-state index is 0. The van der Waals surface area contributed by atoms with E-state index >= 15 is 0 Å². The Morgan fingerprint density at radius 1 is 0.895 bits per heavy atom. The van der Waals surface area contributed by atoms with Crippen LogP contribution in [0, 0.1) is 19.1 Å². The van der Waals surface area contributed by atoms with Crippen molar-refractivity contribution < 1.29 is 17.1 Å². The van der Waals surface area contributed by atoms with Crippen LogP contribution in [0.15, 0.2) is 36.5 Å². The fourth-order valence-corrected chi connectivity index (χ4v) is 1.46. The molecule has 1 radical (unpaired) electrons. The van der Waals surface area contributed by atoms with Crippen LogP contribution in [0.1, 0.15) is 58.3 Å². The monoisotopic (exact) mass is 299 g/mol. The topological polar surface area (TPSA) is 0 Å². The van der Waals surface area contributed by atoms with E-state index in [4.69, 9.17) is 0 Å². The molecule has 2 aliphatic rings. The van der Waals surface area contributed by atoms with Gasteiger partial charge in [0.05, 0.1) is 0 Å². The molecular weight excluding hydrogens is 272 g/mol. The Bertz CT molecular complexity index is 211. The molecule has 0 amide bonds. The molecule has 0 fully saturated rings. The molecule has 107 valence electrons. The summed E-state index contributed by atoms with van der Waals surface area (Å²) in [6, 6.07) is 0. The summed E-state index contributed by atoms with van der Waals surface area (Å²) in [6.07, 6.45) is 28.0. The van der Waals surface area contributed by atoms with Gasteiger partial charge in [0, 0.05) is 0 Å². The SMILES string of the molecule is [C-]1=CC=CC1.[C-]1=CC=CC1.[CH2-]CCCCCCC.[Fe+3]. The smallest absolute Gasteiger partial charge is 0.343 e. The van der Waals surface area contributed by atoms with E-state index in [-0.39, 0.29) is 17.1 Å². The third kappa shape index (κ3) is 20.0. The third-order valence-electron chi connectivity index (χ3n) is 2.53. The van der Waals surface area contributed by atoms with Gasteiger partial charge in [-0.25, -0.2) is 24.3 Å². The molecule has 0 aromatic carbocycles. The van der Waals surface area contributed by atoms with Gasteiger partial charge in [0.1, 0.15) is 0 Å². The molecule has 0 unspecified atom stereocenters. The zero-order chi connectivity index (χ0) is 13.3. The molecule has 0 aromatic rings. The van der Waals surface area contributed by atoms with E-state index in [9.17, 15) is 0 Å². The van der Waals surface area contributed by atoms with Crippen molar-refractivity contribution in [3.05, 3.63) is 55.5 Å². The second kappa shape index (κ2) is 19.8. The predicted octanol–water partition coefficient (Wildman–Crippen LogP) is 5.79. The summed E-state index contributed by atoms with van der Waals surface area (Å²) in [5.74, 6) is 0. The van der Waals surface area contributed by atoms with Crippen molar-refractivity contribution in [3.8, 4) is 0 Å². The van der Waals surface area contributed by atoms with E-state index in [1.165, 1.54) is 32.1 Å². The third-order valence-corrected chi connectivity index (χ3v) is 2.53. The molecule has 0 saturated heterocycles. The Balaban J connectivity index is 0. The van der Waals surface area contributed by atoms with Crippen LogP contribution >= 0.6 is 0 Å². The number of allylic oxidation sites excluding steroid dienone is 8. The maximum absolute atomic E-state index is 3.78. The first-order valence-electron chi connectivity index (χ1n) is 7.14. The van der Waals surface area contributed by atoms with Crippen molar-refractivity contribution >= 4 is 0 Å². The molecule has 0 bridgehead atoms. The van der Waals surface area contributed by atoms with Gasteiger partial charge in [-0.2, -0.15) is 18.6 Å². The molecule has 2 rings (SSSR count). The van der Waals surface area contributed by atoms with Gasteiger partial charge in [-0.3, -0.25) is 12.2 Å². The van der Waals surface area contributed by atoms with Gasteiger partial charge in [-0.05, 0) is 0 Å². The molecule has 0 nitrogen and oxygen atoms in total. The second-order valence-electron chi connectivity index (χ2n) is 4.27. The van der Waals surface area contributed by atoms with Crippen LogP contribution in [-0.4, -0.2) is 0 Å². The van der Waals surface area contributed by atoms with Crippen LogP contribution < -0.4 is 0 Å². The first-order valence-corrected chi connectivity index (χ1v) is 7.14. The van der Waals surface area contributed by atoms with E-state index in [0.717, 1.165) is 19.3 Å². The fraction of sp³-hybridized carbons (Fsp3) is 0.500. The maximum Gasteiger partial charge on any atom is 3.00 e. The van der Waals surface area contributed by atoms with Crippen LogP contribution in [0.5, 0.6) is 0 Å². The van der Waals surface area contributed by atoms with Crippen LogP contribution in [0.4, 0.5) is 0 Å². The van der Waals surface area contributed by atoms with Gasteiger partial charge in [0.2, 0.25) is 0 Å². The Morgan fingerprint density at radius 2 is 1.42 bits per heavy atom. The van der Waals surface area contributed by atoms with E-state index in [2.05, 4.69) is 38.2 Å². The average Bonchev–Trinajstić information content (AvgIpc) is 3.12. The number of hydrogen-bond donors (Lipinski definition) is 0. The Hall–Kier alpha value is -0.521. The Morgan fingerprint density at radius 3 is 1.68 bits per heavy atom. The van der Waals surface area contributed by atoms with Crippen LogP contribution in [0.25, 0.3) is 0 Å². The van der Waals surface area contributed by atoms with Gasteiger partial charge in [0.15, 0.2) is 0 Å². The van der Waals surface area contributed by atoms with Crippen molar-refractivity contribution in [1.82, 2.24) is 0 Å². The predicted molar refractivity (Wildman–Crippen MR) is 81.9 cm³/mol. The molecule has 0 atom stereocenters. The summed E-state index contributed by atoms with van der Waals surface area (Å²) >= 11 is 0. The zero-order valence-corrected chi connectivity index (χ0v) is 13.3. The molecule has 0 aromatic heterocycles. The summed E-state index contributed by atoms with van der Waals surface area (Å²) < 4.78 is 0. The van der Waals surface area contributed by atoms with Crippen LogP contribution in [0.2, 0.25) is 0 Å². The average molecular weight is 299 g/mol. The first-order chi connectivity index (χ1) is 8.91. The second-order valence-corrected chi connectivity index (χ2v) is 4.27. The van der Waals surface area contributed by atoms with Crippen LogP contribution in [0.3, 0.4) is 0 Å². The quantitative estimate of drug-likeness (QED) is 0.342. The van der Waals surface area contributed by atoms with Crippen molar-refractivity contribution in [1.29, 1.82) is 0 Å². The molecule has 1 heteroatoms. The van der Waals surface area contributed by atoms with Gasteiger partial charge < -0.3 is 6.92 Å². The molecule has 0 aliphatic heterocycles. The fourth-order valence-electron chi connectivity index (χ4n) is 1.46. The van der Waals surface area contributed by atoms with Crippen molar-refractivity contribution in [3.63, 3.8) is 0 Å². The zero-order valence-electron chi connectivity index (χ0n) is 12.2. The van der Waals surface area contributed by atoms with E-state index in [1.807, 2.05) is 24.3 Å². The van der Waals surface area contributed by atoms with Crippen LogP contribution in [-0.2, 0) is 17.1 Å². The summed E-state index contributed by atoms with van der Waals surface area (Å²) in [5, 5.41) is 0. The molecule has 0 N–H and O–H groups in total. The first kappa shape index (κ1) is 20.8. The van der Waals surface area contributed by atoms with Gasteiger partial charge in [0.25, 0.3) is 0 Å².